The minimum atomic E-state index is -1.39. The lowest BCUT2D eigenvalue weighted by molar-refractivity contribution is -0.148. The number of carboxylic acid groups (broad SMARTS) is 1. The van der Waals surface area contributed by atoms with Crippen molar-refractivity contribution in [1.82, 2.24) is 5.32 Å². The number of nitrogens with two attached hydrogens (primary N) is 1. The second-order valence-electron chi connectivity index (χ2n) is 4.69. The molecule has 0 atom stereocenters. The van der Waals surface area contributed by atoms with E-state index in [0.29, 0.717) is 0 Å². The van der Waals surface area contributed by atoms with E-state index < -0.39 is 23.2 Å². The number of aliphatic carboxylic acids is 1. The first-order chi connectivity index (χ1) is 9.44. The van der Waals surface area contributed by atoms with Gasteiger partial charge in [0, 0.05) is 31.7 Å². The Hall–Kier alpha value is -2.15. The summed E-state index contributed by atoms with van der Waals surface area (Å²) < 4.78 is 18.3. The first kappa shape index (κ1) is 14.3. The molecule has 2 rings (SSSR count). The summed E-state index contributed by atoms with van der Waals surface area (Å²) in [6.45, 7) is 0.483. The second-order valence-corrected chi connectivity index (χ2v) is 4.69. The van der Waals surface area contributed by atoms with Gasteiger partial charge in [0.15, 0.2) is 0 Å². The normalized spacial score (nSPS) is 17.4. The van der Waals surface area contributed by atoms with Gasteiger partial charge in [-0.15, -0.1) is 0 Å². The Kier molecular flexibility index (Phi) is 3.89. The monoisotopic (exact) mass is 282 g/mol. The zero-order chi connectivity index (χ0) is 14.8. The lowest BCUT2D eigenvalue weighted by Crippen LogP contribution is -2.57. The Bertz CT molecular complexity index is 541. The van der Waals surface area contributed by atoms with Gasteiger partial charge in [0.2, 0.25) is 0 Å². The van der Waals surface area contributed by atoms with Crippen LogP contribution in [0.2, 0.25) is 0 Å². The molecular formula is C13H15FN2O4. The van der Waals surface area contributed by atoms with E-state index in [1.165, 1.54) is 6.07 Å². The zero-order valence-corrected chi connectivity index (χ0v) is 10.7. The SMILES string of the molecule is Nc1ccc(F)cc1C(=O)NC1(C(=O)O)CCOCC1. The van der Waals surface area contributed by atoms with E-state index in [4.69, 9.17) is 10.5 Å². The van der Waals surface area contributed by atoms with Crippen molar-refractivity contribution >= 4 is 17.6 Å². The molecule has 0 saturated carbocycles. The topological polar surface area (TPSA) is 102 Å². The van der Waals surface area contributed by atoms with Crippen LogP contribution in [0.5, 0.6) is 0 Å². The highest BCUT2D eigenvalue weighted by Crippen LogP contribution is 2.23. The van der Waals surface area contributed by atoms with Crippen molar-refractivity contribution in [2.75, 3.05) is 18.9 Å². The highest BCUT2D eigenvalue weighted by molar-refractivity contribution is 6.01. The van der Waals surface area contributed by atoms with E-state index in [2.05, 4.69) is 5.32 Å². The number of carboxylic acids is 1. The van der Waals surface area contributed by atoms with Crippen LogP contribution < -0.4 is 11.1 Å². The number of anilines is 1. The number of halogens is 1. The standard InChI is InChI=1S/C13H15FN2O4/c14-8-1-2-10(15)9(7-8)11(17)16-13(12(18)19)3-5-20-6-4-13/h1-2,7H,3-6,15H2,(H,16,17)(H,18,19). The number of hydrogen-bond acceptors (Lipinski definition) is 4. The summed E-state index contributed by atoms with van der Waals surface area (Å²) in [6, 6.07) is 3.38. The molecule has 1 aromatic rings. The zero-order valence-electron chi connectivity index (χ0n) is 10.7. The molecular weight excluding hydrogens is 267 g/mol. The molecule has 0 spiro atoms. The molecule has 0 radical (unpaired) electrons. The Morgan fingerprint density at radius 2 is 2.00 bits per heavy atom. The third-order valence-electron chi connectivity index (χ3n) is 3.37. The Morgan fingerprint density at radius 3 is 2.60 bits per heavy atom. The van der Waals surface area contributed by atoms with E-state index in [-0.39, 0.29) is 37.3 Å². The van der Waals surface area contributed by atoms with Crippen LogP contribution >= 0.6 is 0 Å². The molecule has 1 aliphatic heterocycles. The number of amides is 1. The predicted molar refractivity (Wildman–Crippen MR) is 68.7 cm³/mol. The molecule has 1 fully saturated rings. The van der Waals surface area contributed by atoms with Crippen LogP contribution in [-0.4, -0.2) is 35.7 Å². The molecule has 0 aliphatic carbocycles. The lowest BCUT2D eigenvalue weighted by atomic mass is 9.89. The number of hydrogen-bond donors (Lipinski definition) is 3. The number of ether oxygens (including phenoxy) is 1. The van der Waals surface area contributed by atoms with Crippen LogP contribution in [0, 0.1) is 5.82 Å². The number of benzene rings is 1. The first-order valence-corrected chi connectivity index (χ1v) is 6.13. The number of carbonyl (C=O) groups is 2. The summed E-state index contributed by atoms with van der Waals surface area (Å²) >= 11 is 0. The van der Waals surface area contributed by atoms with E-state index in [1.54, 1.807) is 0 Å². The lowest BCUT2D eigenvalue weighted by Gasteiger charge is -2.34. The maximum atomic E-state index is 13.2. The largest absolute Gasteiger partial charge is 0.480 e. The van der Waals surface area contributed by atoms with Crippen molar-refractivity contribution in [2.45, 2.75) is 18.4 Å². The molecule has 0 bridgehead atoms. The number of nitrogen functional groups attached to an aromatic ring is 1. The van der Waals surface area contributed by atoms with Gasteiger partial charge in [-0.2, -0.15) is 0 Å². The van der Waals surface area contributed by atoms with Crippen molar-refractivity contribution in [2.24, 2.45) is 0 Å². The van der Waals surface area contributed by atoms with Crippen LogP contribution in [0.1, 0.15) is 23.2 Å². The van der Waals surface area contributed by atoms with Gasteiger partial charge in [-0.1, -0.05) is 0 Å². The quantitative estimate of drug-likeness (QED) is 0.711. The average molecular weight is 282 g/mol. The van der Waals surface area contributed by atoms with E-state index >= 15 is 0 Å². The molecule has 108 valence electrons. The molecule has 7 heteroatoms. The molecule has 1 heterocycles. The fraction of sp³-hybridized carbons (Fsp3) is 0.385. The van der Waals surface area contributed by atoms with Crippen molar-refractivity contribution in [3.05, 3.63) is 29.6 Å². The van der Waals surface area contributed by atoms with Crippen LogP contribution in [-0.2, 0) is 9.53 Å². The first-order valence-electron chi connectivity index (χ1n) is 6.13. The summed E-state index contributed by atoms with van der Waals surface area (Å²) in [6.07, 6.45) is 0.312. The van der Waals surface area contributed by atoms with Gasteiger partial charge in [0.05, 0.1) is 5.56 Å². The van der Waals surface area contributed by atoms with Gasteiger partial charge in [-0.3, -0.25) is 4.79 Å². The minimum Gasteiger partial charge on any atom is -0.480 e. The number of rotatable bonds is 3. The Balaban J connectivity index is 2.24. The van der Waals surface area contributed by atoms with Crippen molar-refractivity contribution < 1.29 is 23.8 Å². The van der Waals surface area contributed by atoms with Gasteiger partial charge in [-0.05, 0) is 18.2 Å². The molecule has 0 aromatic heterocycles. The highest BCUT2D eigenvalue weighted by Gasteiger charge is 2.42. The second kappa shape index (κ2) is 5.46. The van der Waals surface area contributed by atoms with Crippen LogP contribution in [0.4, 0.5) is 10.1 Å². The third-order valence-corrected chi connectivity index (χ3v) is 3.37. The van der Waals surface area contributed by atoms with Gasteiger partial charge in [0.25, 0.3) is 5.91 Å². The van der Waals surface area contributed by atoms with Gasteiger partial charge in [-0.25, -0.2) is 9.18 Å². The van der Waals surface area contributed by atoms with Gasteiger partial charge >= 0.3 is 5.97 Å². The summed E-state index contributed by atoms with van der Waals surface area (Å²) in [5.74, 6) is -2.45. The van der Waals surface area contributed by atoms with Crippen LogP contribution in [0.25, 0.3) is 0 Å². The Labute approximate surface area is 114 Å². The molecule has 1 aromatic carbocycles. The van der Waals surface area contributed by atoms with E-state index in [1.807, 2.05) is 0 Å². The molecule has 4 N–H and O–H groups in total. The molecule has 0 unspecified atom stereocenters. The predicted octanol–water partition coefficient (Wildman–Crippen LogP) is 0.771. The third kappa shape index (κ3) is 2.72. The number of carbonyl (C=O) groups excluding carboxylic acids is 1. The van der Waals surface area contributed by atoms with Crippen LogP contribution in [0.15, 0.2) is 18.2 Å². The van der Waals surface area contributed by atoms with Gasteiger partial charge in [0.1, 0.15) is 11.4 Å². The van der Waals surface area contributed by atoms with Crippen molar-refractivity contribution in [1.29, 1.82) is 0 Å². The number of nitrogens with one attached hydrogen (secondary N) is 1. The molecule has 1 saturated heterocycles. The molecule has 6 nitrogen and oxygen atoms in total. The van der Waals surface area contributed by atoms with Crippen molar-refractivity contribution in [3.8, 4) is 0 Å². The summed E-state index contributed by atoms with van der Waals surface area (Å²) in [7, 11) is 0. The fourth-order valence-corrected chi connectivity index (χ4v) is 2.12. The molecule has 20 heavy (non-hydrogen) atoms. The van der Waals surface area contributed by atoms with Crippen molar-refractivity contribution in [3.63, 3.8) is 0 Å². The Morgan fingerprint density at radius 1 is 1.35 bits per heavy atom. The maximum absolute atomic E-state index is 13.2. The average Bonchev–Trinajstić information content (AvgIpc) is 2.42. The molecule has 1 amide bonds. The summed E-state index contributed by atoms with van der Waals surface area (Å²) in [5.41, 5.74) is 4.24. The highest BCUT2D eigenvalue weighted by atomic mass is 19.1. The smallest absolute Gasteiger partial charge is 0.329 e. The summed E-state index contributed by atoms with van der Waals surface area (Å²) in [5, 5.41) is 11.8. The summed E-state index contributed by atoms with van der Waals surface area (Å²) in [4.78, 5) is 23.6. The minimum absolute atomic E-state index is 0.0721. The van der Waals surface area contributed by atoms with Gasteiger partial charge < -0.3 is 20.9 Å². The molecule has 1 aliphatic rings. The van der Waals surface area contributed by atoms with E-state index in [9.17, 15) is 19.1 Å². The van der Waals surface area contributed by atoms with E-state index in [0.717, 1.165) is 12.1 Å². The van der Waals surface area contributed by atoms with Crippen LogP contribution in [0.3, 0.4) is 0 Å². The fourth-order valence-electron chi connectivity index (χ4n) is 2.12. The maximum Gasteiger partial charge on any atom is 0.329 e.